The molecule has 172 valence electrons. The number of nitro benzene ring substituents is 1. The van der Waals surface area contributed by atoms with Crippen molar-refractivity contribution in [2.45, 2.75) is 6.92 Å². The quantitative estimate of drug-likeness (QED) is 0.300. The Labute approximate surface area is 196 Å². The Kier molecular flexibility index (Phi) is 6.35. The Morgan fingerprint density at radius 3 is 2.47 bits per heavy atom. The fourth-order valence-electron chi connectivity index (χ4n) is 3.58. The van der Waals surface area contributed by atoms with Crippen molar-refractivity contribution in [3.05, 3.63) is 93.5 Å². The van der Waals surface area contributed by atoms with Crippen molar-refractivity contribution in [1.29, 1.82) is 0 Å². The molecule has 0 unspecified atom stereocenters. The molecular formula is C25H23N5O4. The third-order valence-corrected chi connectivity index (χ3v) is 5.56. The van der Waals surface area contributed by atoms with E-state index in [1.807, 2.05) is 25.1 Å². The van der Waals surface area contributed by atoms with Gasteiger partial charge < -0.3 is 9.64 Å². The lowest BCUT2D eigenvalue weighted by Crippen LogP contribution is -2.30. The summed E-state index contributed by atoms with van der Waals surface area (Å²) in [5, 5.41) is 16.4. The summed E-state index contributed by atoms with van der Waals surface area (Å²) in [7, 11) is 3.36. The van der Waals surface area contributed by atoms with Crippen LogP contribution in [0.5, 0.6) is 5.75 Å². The van der Waals surface area contributed by atoms with Gasteiger partial charge in [0.25, 0.3) is 11.2 Å². The average Bonchev–Trinajstić information content (AvgIpc) is 2.88. The maximum Gasteiger partial charge on any atom is 0.295 e. The van der Waals surface area contributed by atoms with E-state index in [0.29, 0.717) is 34.8 Å². The molecule has 9 heteroatoms. The molecule has 4 rings (SSSR count). The van der Waals surface area contributed by atoms with Crippen LogP contribution in [0.2, 0.25) is 0 Å². The van der Waals surface area contributed by atoms with Crippen LogP contribution in [-0.4, -0.2) is 40.4 Å². The van der Waals surface area contributed by atoms with Crippen LogP contribution >= 0.6 is 0 Å². The highest BCUT2D eigenvalue weighted by Gasteiger charge is 2.22. The first-order valence-corrected chi connectivity index (χ1v) is 10.6. The third-order valence-electron chi connectivity index (χ3n) is 5.56. The maximum atomic E-state index is 13.5. The highest BCUT2D eigenvalue weighted by atomic mass is 16.6. The number of ether oxygens (including phenoxy) is 1. The van der Waals surface area contributed by atoms with Crippen LogP contribution in [0.1, 0.15) is 6.92 Å². The summed E-state index contributed by atoms with van der Waals surface area (Å²) >= 11 is 0. The van der Waals surface area contributed by atoms with E-state index in [-0.39, 0.29) is 11.4 Å². The zero-order valence-corrected chi connectivity index (χ0v) is 19.0. The molecule has 34 heavy (non-hydrogen) atoms. The maximum absolute atomic E-state index is 13.5. The van der Waals surface area contributed by atoms with Gasteiger partial charge in [0.2, 0.25) is 0 Å². The lowest BCUT2D eigenvalue weighted by Gasteiger charge is -2.19. The molecular weight excluding hydrogens is 434 g/mol. The van der Waals surface area contributed by atoms with Gasteiger partial charge in [-0.25, -0.2) is 0 Å². The molecule has 0 spiro atoms. The minimum Gasteiger partial charge on any atom is -0.497 e. The number of rotatable bonds is 7. The summed E-state index contributed by atoms with van der Waals surface area (Å²) in [4.78, 5) is 30.7. The van der Waals surface area contributed by atoms with Crippen molar-refractivity contribution >= 4 is 11.4 Å². The summed E-state index contributed by atoms with van der Waals surface area (Å²) in [5.74, 6) is 0.633. The second-order valence-corrected chi connectivity index (χ2v) is 7.57. The number of nitro groups is 1. The molecule has 0 aliphatic carbocycles. The predicted molar refractivity (Wildman–Crippen MR) is 131 cm³/mol. The molecule has 0 aliphatic rings. The van der Waals surface area contributed by atoms with Crippen LogP contribution in [0.25, 0.3) is 28.1 Å². The van der Waals surface area contributed by atoms with Gasteiger partial charge in [-0.3, -0.25) is 19.9 Å². The lowest BCUT2D eigenvalue weighted by atomic mass is 10.1. The number of benzene rings is 2. The SMILES string of the molecule is CCN(C)c1cc(-c2cccc(OC)c2)nn(-c2cc(-c3ccncc3)ccc2[N+](=O)[O-])c1=O. The topological polar surface area (TPSA) is 103 Å². The molecule has 0 atom stereocenters. The van der Waals surface area contributed by atoms with E-state index in [2.05, 4.69) is 10.1 Å². The summed E-state index contributed by atoms with van der Waals surface area (Å²) in [6, 6.07) is 17.2. The zero-order valence-electron chi connectivity index (χ0n) is 19.0. The number of nitrogens with zero attached hydrogens (tertiary/aromatic N) is 5. The van der Waals surface area contributed by atoms with E-state index < -0.39 is 10.5 Å². The highest BCUT2D eigenvalue weighted by Crippen LogP contribution is 2.30. The first-order valence-electron chi connectivity index (χ1n) is 10.6. The van der Waals surface area contributed by atoms with Gasteiger partial charge in [0.05, 0.1) is 17.7 Å². The van der Waals surface area contributed by atoms with Crippen molar-refractivity contribution in [3.63, 3.8) is 0 Å². The molecule has 0 fully saturated rings. The molecule has 0 N–H and O–H groups in total. The van der Waals surface area contributed by atoms with Crippen molar-refractivity contribution in [1.82, 2.24) is 14.8 Å². The van der Waals surface area contributed by atoms with Crippen LogP contribution in [0.4, 0.5) is 11.4 Å². The van der Waals surface area contributed by atoms with Crippen LogP contribution < -0.4 is 15.2 Å². The number of aromatic nitrogens is 3. The predicted octanol–water partition coefficient (Wildman–Crippen LogP) is 4.33. The van der Waals surface area contributed by atoms with E-state index in [0.717, 1.165) is 10.2 Å². The first kappa shape index (κ1) is 22.7. The van der Waals surface area contributed by atoms with Gasteiger partial charge in [-0.1, -0.05) is 12.1 Å². The minimum absolute atomic E-state index is 0.0832. The molecule has 9 nitrogen and oxygen atoms in total. The van der Waals surface area contributed by atoms with Gasteiger partial charge in [0.15, 0.2) is 0 Å². The van der Waals surface area contributed by atoms with E-state index in [9.17, 15) is 14.9 Å². The summed E-state index contributed by atoms with van der Waals surface area (Å²) in [5.41, 5.74) is 2.50. The van der Waals surface area contributed by atoms with Gasteiger partial charge in [-0.15, -0.1) is 0 Å². The van der Waals surface area contributed by atoms with E-state index >= 15 is 0 Å². The fraction of sp³-hybridized carbons (Fsp3) is 0.160. The Bertz CT molecular complexity index is 1400. The summed E-state index contributed by atoms with van der Waals surface area (Å²) in [6.45, 7) is 2.48. The molecule has 0 saturated heterocycles. The van der Waals surface area contributed by atoms with Gasteiger partial charge in [-0.2, -0.15) is 9.78 Å². The molecule has 2 aromatic heterocycles. The van der Waals surface area contributed by atoms with Gasteiger partial charge in [0.1, 0.15) is 17.1 Å². The standard InChI is InChI=1S/C25H23N5O4/c1-4-28(2)24-16-21(19-6-5-7-20(14-19)34-3)27-29(25(24)31)23-15-18(8-9-22(23)30(32)33)17-10-12-26-13-11-17/h5-16H,4H2,1-3H3. The van der Waals surface area contributed by atoms with Crippen LogP contribution in [0.15, 0.2) is 77.9 Å². The molecule has 0 amide bonds. The number of anilines is 1. The highest BCUT2D eigenvalue weighted by molar-refractivity contribution is 5.71. The van der Waals surface area contributed by atoms with Crippen molar-refractivity contribution in [2.24, 2.45) is 0 Å². The molecule has 0 saturated carbocycles. The van der Waals surface area contributed by atoms with E-state index in [4.69, 9.17) is 4.74 Å². The molecule has 2 heterocycles. The molecule has 0 aliphatic heterocycles. The number of hydrogen-bond donors (Lipinski definition) is 0. The van der Waals surface area contributed by atoms with E-state index in [1.54, 1.807) is 67.8 Å². The van der Waals surface area contributed by atoms with Gasteiger partial charge >= 0.3 is 0 Å². The van der Waals surface area contributed by atoms with Crippen molar-refractivity contribution < 1.29 is 9.66 Å². The molecule has 4 aromatic rings. The first-order chi connectivity index (χ1) is 16.4. The fourth-order valence-corrected chi connectivity index (χ4v) is 3.58. The second-order valence-electron chi connectivity index (χ2n) is 7.57. The smallest absolute Gasteiger partial charge is 0.295 e. The molecule has 0 radical (unpaired) electrons. The van der Waals surface area contributed by atoms with Gasteiger partial charge in [0, 0.05) is 37.6 Å². The summed E-state index contributed by atoms with van der Waals surface area (Å²) in [6.07, 6.45) is 3.27. The normalized spacial score (nSPS) is 10.7. The number of hydrogen-bond acceptors (Lipinski definition) is 7. The largest absolute Gasteiger partial charge is 0.497 e. The molecule has 0 bridgehead atoms. The van der Waals surface area contributed by atoms with Crippen molar-refractivity contribution in [2.75, 3.05) is 25.6 Å². The van der Waals surface area contributed by atoms with E-state index in [1.165, 1.54) is 6.07 Å². The number of methoxy groups -OCH3 is 1. The van der Waals surface area contributed by atoms with Gasteiger partial charge in [-0.05, 0) is 60.5 Å². The Morgan fingerprint density at radius 2 is 1.79 bits per heavy atom. The lowest BCUT2D eigenvalue weighted by molar-refractivity contribution is -0.384. The van der Waals surface area contributed by atoms with Crippen LogP contribution in [0.3, 0.4) is 0 Å². The Morgan fingerprint density at radius 1 is 1.03 bits per heavy atom. The third kappa shape index (κ3) is 4.36. The van der Waals surface area contributed by atoms with Crippen molar-refractivity contribution in [3.8, 4) is 33.8 Å². The second kappa shape index (κ2) is 9.53. The number of pyridine rings is 1. The van der Waals surface area contributed by atoms with Crippen LogP contribution in [-0.2, 0) is 0 Å². The minimum atomic E-state index is -0.513. The Hall–Kier alpha value is -4.53. The average molecular weight is 457 g/mol. The zero-order chi connectivity index (χ0) is 24.2. The molecule has 2 aromatic carbocycles. The van der Waals surface area contributed by atoms with Crippen LogP contribution in [0, 0.1) is 10.1 Å². The summed E-state index contributed by atoms with van der Waals surface area (Å²) < 4.78 is 6.44. The monoisotopic (exact) mass is 457 g/mol. The Balaban J connectivity index is 2.01.